The van der Waals surface area contributed by atoms with Gasteiger partial charge in [0.05, 0.1) is 0 Å². The highest BCUT2D eigenvalue weighted by molar-refractivity contribution is 5.85. The average Bonchev–Trinajstić information content (AvgIpc) is 2.74. The second-order valence-corrected chi connectivity index (χ2v) is 9.27. The molecule has 1 saturated carbocycles. The molecule has 0 heterocycles. The zero-order chi connectivity index (χ0) is 20.2. The van der Waals surface area contributed by atoms with Gasteiger partial charge in [0.25, 0.3) is 0 Å². The maximum absolute atomic E-state index is 12.0. The fourth-order valence-corrected chi connectivity index (χ4v) is 5.02. The molecule has 0 aliphatic heterocycles. The van der Waals surface area contributed by atoms with Crippen LogP contribution in [-0.4, -0.2) is 29.1 Å². The first-order chi connectivity index (χ1) is 13.4. The van der Waals surface area contributed by atoms with E-state index in [1.807, 2.05) is 36.4 Å². The molecule has 160 valence electrons. The van der Waals surface area contributed by atoms with Gasteiger partial charge in [-0.1, -0.05) is 86.8 Å². The zero-order valence-electron chi connectivity index (χ0n) is 18.5. The van der Waals surface area contributed by atoms with Gasteiger partial charge in [-0.2, -0.15) is 0 Å². The minimum atomic E-state index is -1.00. The molecule has 1 aliphatic rings. The Balaban J connectivity index is 0.00000300. The Morgan fingerprint density at radius 3 is 1.79 bits per heavy atom. The molecule has 1 N–H and O–H groups in total. The number of hydrogen-bond acceptors (Lipinski definition) is 2. The van der Waals surface area contributed by atoms with E-state index >= 15 is 0 Å². The maximum atomic E-state index is 12.0. The molecule has 2 aromatic carbocycles. The summed E-state index contributed by atoms with van der Waals surface area (Å²) in [6.45, 7) is 7.82. The van der Waals surface area contributed by atoms with Crippen molar-refractivity contribution in [3.63, 3.8) is 0 Å². The van der Waals surface area contributed by atoms with E-state index in [0.29, 0.717) is 0 Å². The predicted molar refractivity (Wildman–Crippen MR) is 126 cm³/mol. The Labute approximate surface area is 183 Å². The summed E-state index contributed by atoms with van der Waals surface area (Å²) < 4.78 is 0. The molecule has 0 bridgehead atoms. The molecular weight excluding hydrogens is 378 g/mol. The van der Waals surface area contributed by atoms with E-state index in [1.54, 1.807) is 0 Å². The van der Waals surface area contributed by atoms with Crippen LogP contribution in [0.2, 0.25) is 0 Å². The first kappa shape index (κ1) is 23.9. The summed E-state index contributed by atoms with van der Waals surface area (Å²) in [5, 5.41) is 12.0. The summed E-state index contributed by atoms with van der Waals surface area (Å²) in [7, 11) is 2.24. The molecule has 0 amide bonds. The van der Waals surface area contributed by atoms with E-state index in [9.17, 15) is 5.11 Å². The predicted octanol–water partition coefficient (Wildman–Crippen LogP) is 6.27. The van der Waals surface area contributed by atoms with Crippen molar-refractivity contribution in [3.8, 4) is 0 Å². The topological polar surface area (TPSA) is 23.5 Å². The summed E-state index contributed by atoms with van der Waals surface area (Å²) in [5.74, 6) is 0.796. The van der Waals surface area contributed by atoms with E-state index in [0.717, 1.165) is 23.6 Å². The Morgan fingerprint density at radius 2 is 1.34 bits per heavy atom. The van der Waals surface area contributed by atoms with Crippen molar-refractivity contribution < 1.29 is 5.11 Å². The summed E-state index contributed by atoms with van der Waals surface area (Å²) in [6.07, 6.45) is 6.75. The summed E-state index contributed by atoms with van der Waals surface area (Å²) in [4.78, 5) is 2.49. The molecule has 29 heavy (non-hydrogen) atoms. The monoisotopic (exact) mass is 415 g/mol. The van der Waals surface area contributed by atoms with Crippen LogP contribution in [0.3, 0.4) is 0 Å². The fraction of sp³-hybridized carbons (Fsp3) is 0.538. The number of hydrogen-bond donors (Lipinski definition) is 1. The molecule has 3 rings (SSSR count). The molecule has 1 unspecified atom stereocenters. The number of nitrogens with zero attached hydrogens (tertiary/aromatic N) is 1. The van der Waals surface area contributed by atoms with Crippen LogP contribution in [0.4, 0.5) is 0 Å². The van der Waals surface area contributed by atoms with Gasteiger partial charge in [0.15, 0.2) is 0 Å². The van der Waals surface area contributed by atoms with E-state index in [1.165, 1.54) is 32.1 Å². The average molecular weight is 416 g/mol. The minimum absolute atomic E-state index is 0. The molecule has 1 atom stereocenters. The Morgan fingerprint density at radius 1 is 0.897 bits per heavy atom. The van der Waals surface area contributed by atoms with Crippen LogP contribution in [0.15, 0.2) is 60.7 Å². The van der Waals surface area contributed by atoms with Crippen LogP contribution in [0.1, 0.15) is 64.0 Å². The summed E-state index contributed by atoms with van der Waals surface area (Å²) >= 11 is 0. The third kappa shape index (κ3) is 5.05. The van der Waals surface area contributed by atoms with E-state index in [4.69, 9.17) is 0 Å². The molecule has 1 fully saturated rings. The highest BCUT2D eigenvalue weighted by Gasteiger charge is 2.41. The van der Waals surface area contributed by atoms with Crippen LogP contribution in [0, 0.1) is 11.8 Å². The smallest absolute Gasteiger partial charge is 0.118 e. The van der Waals surface area contributed by atoms with Crippen molar-refractivity contribution in [2.24, 2.45) is 11.8 Å². The van der Waals surface area contributed by atoms with Crippen LogP contribution in [-0.2, 0) is 5.60 Å². The third-order valence-electron chi connectivity index (χ3n) is 7.28. The van der Waals surface area contributed by atoms with Gasteiger partial charge in [-0.3, -0.25) is 0 Å². The fourth-order valence-electron chi connectivity index (χ4n) is 5.02. The van der Waals surface area contributed by atoms with E-state index < -0.39 is 5.60 Å². The van der Waals surface area contributed by atoms with Gasteiger partial charge in [0.1, 0.15) is 5.60 Å². The number of benzene rings is 2. The second kappa shape index (κ2) is 10.1. The molecule has 0 radical (unpaired) electrons. The lowest BCUT2D eigenvalue weighted by molar-refractivity contribution is -0.0175. The Bertz CT molecular complexity index is 685. The molecule has 0 spiro atoms. The normalized spacial score (nSPS) is 17.0. The van der Waals surface area contributed by atoms with Crippen molar-refractivity contribution in [2.45, 2.75) is 64.0 Å². The standard InChI is InChI=1S/C26H37NO.ClH/c1-21(20-27(4)25(2,3)22-14-8-5-9-15-22)26(28,23-16-10-6-11-17-23)24-18-12-7-13-19-24;/h6-7,10-13,16-19,21-22,28H,5,8-9,14-15,20H2,1-4H3;1H. The quantitative estimate of drug-likeness (QED) is 0.575. The number of aliphatic hydroxyl groups is 1. The van der Waals surface area contributed by atoms with Crippen molar-refractivity contribution in [3.05, 3.63) is 71.8 Å². The van der Waals surface area contributed by atoms with Crippen molar-refractivity contribution in [2.75, 3.05) is 13.6 Å². The lowest BCUT2D eigenvalue weighted by atomic mass is 9.73. The van der Waals surface area contributed by atoms with Gasteiger partial charge in [-0.25, -0.2) is 0 Å². The number of rotatable bonds is 7. The Kier molecular flexibility index (Phi) is 8.34. The molecule has 3 heteroatoms. The van der Waals surface area contributed by atoms with Crippen LogP contribution >= 0.6 is 12.4 Å². The van der Waals surface area contributed by atoms with Crippen LogP contribution in [0.5, 0.6) is 0 Å². The summed E-state index contributed by atoms with van der Waals surface area (Å²) in [6, 6.07) is 20.3. The molecule has 0 saturated heterocycles. The van der Waals surface area contributed by atoms with Gasteiger partial charge in [-0.05, 0) is 50.8 Å². The van der Waals surface area contributed by atoms with Gasteiger partial charge in [-0.15, -0.1) is 12.4 Å². The van der Waals surface area contributed by atoms with E-state index in [2.05, 4.69) is 57.0 Å². The highest BCUT2D eigenvalue weighted by atomic mass is 35.5. The maximum Gasteiger partial charge on any atom is 0.118 e. The third-order valence-corrected chi connectivity index (χ3v) is 7.28. The van der Waals surface area contributed by atoms with E-state index in [-0.39, 0.29) is 23.9 Å². The molecular formula is C26H38ClNO. The molecule has 0 aromatic heterocycles. The van der Waals surface area contributed by atoms with Gasteiger partial charge >= 0.3 is 0 Å². The van der Waals surface area contributed by atoms with Gasteiger partial charge in [0, 0.05) is 18.0 Å². The first-order valence-corrected chi connectivity index (χ1v) is 10.9. The lowest BCUT2D eigenvalue weighted by Crippen LogP contribution is -2.52. The zero-order valence-corrected chi connectivity index (χ0v) is 19.3. The Hall–Kier alpha value is -1.35. The van der Waals surface area contributed by atoms with Crippen molar-refractivity contribution in [1.82, 2.24) is 4.90 Å². The number of halogens is 1. The van der Waals surface area contributed by atoms with Crippen LogP contribution in [0.25, 0.3) is 0 Å². The second-order valence-electron chi connectivity index (χ2n) is 9.27. The first-order valence-electron chi connectivity index (χ1n) is 10.9. The lowest BCUT2D eigenvalue weighted by Gasteiger charge is -2.47. The highest BCUT2D eigenvalue weighted by Crippen LogP contribution is 2.40. The molecule has 2 nitrogen and oxygen atoms in total. The van der Waals surface area contributed by atoms with Crippen molar-refractivity contribution >= 4 is 12.4 Å². The molecule has 2 aromatic rings. The minimum Gasteiger partial charge on any atom is -0.380 e. The summed E-state index contributed by atoms with van der Waals surface area (Å²) in [5.41, 5.74) is 1.08. The molecule has 1 aliphatic carbocycles. The van der Waals surface area contributed by atoms with Gasteiger partial charge in [0.2, 0.25) is 0 Å². The largest absolute Gasteiger partial charge is 0.380 e. The van der Waals surface area contributed by atoms with Crippen LogP contribution < -0.4 is 0 Å². The SMILES string of the molecule is CC(CN(C)C(C)(C)C1CCCCC1)C(O)(c1ccccc1)c1ccccc1.Cl. The van der Waals surface area contributed by atoms with Crippen molar-refractivity contribution in [1.29, 1.82) is 0 Å². The van der Waals surface area contributed by atoms with Gasteiger partial charge < -0.3 is 10.0 Å².